The number of hydrogen-bond acceptors (Lipinski definition) is 5. The highest BCUT2D eigenvalue weighted by Gasteiger charge is 2.19. The Morgan fingerprint density at radius 3 is 2.96 bits per heavy atom. The van der Waals surface area contributed by atoms with E-state index >= 15 is 0 Å². The van der Waals surface area contributed by atoms with E-state index in [0.717, 1.165) is 30.1 Å². The van der Waals surface area contributed by atoms with Crippen LogP contribution in [0.1, 0.15) is 34.8 Å². The number of nitrogens with zero attached hydrogens (tertiary/aromatic N) is 2. The molecule has 1 N–H and O–H groups in total. The highest BCUT2D eigenvalue weighted by atomic mass is 35.5. The minimum Gasteiger partial charge on any atom is -0.301 e. The fourth-order valence-electron chi connectivity index (χ4n) is 2.53. The fraction of sp³-hybridized carbons (Fsp3) is 0.412. The SMILES string of the molecule is CC(C)Sc1cccc(C(=O)Nc2nc3c(s2)CN(C)CC3)c1.Cl. The Hall–Kier alpha value is -1.08. The molecule has 0 spiro atoms. The van der Waals surface area contributed by atoms with Gasteiger partial charge in [-0.15, -0.1) is 35.5 Å². The van der Waals surface area contributed by atoms with Crippen LogP contribution in [0, 0.1) is 0 Å². The molecule has 0 saturated heterocycles. The van der Waals surface area contributed by atoms with Crippen LogP contribution >= 0.6 is 35.5 Å². The number of likely N-dealkylation sites (N-methyl/N-ethyl adjacent to an activating group) is 1. The van der Waals surface area contributed by atoms with E-state index in [1.165, 1.54) is 4.88 Å². The zero-order chi connectivity index (χ0) is 16.4. The van der Waals surface area contributed by atoms with Crippen molar-refractivity contribution in [2.75, 3.05) is 18.9 Å². The maximum Gasteiger partial charge on any atom is 0.257 e. The predicted molar refractivity (Wildman–Crippen MR) is 105 cm³/mol. The van der Waals surface area contributed by atoms with Crippen molar-refractivity contribution in [3.05, 3.63) is 40.4 Å². The molecule has 2 aromatic rings. The molecule has 130 valence electrons. The standard InChI is InChI=1S/C17H21N3OS2.ClH/c1-11(2)22-13-6-4-5-12(9-13)16(21)19-17-18-14-7-8-20(3)10-15(14)23-17;/h4-6,9,11H,7-8,10H2,1-3H3,(H,18,19,21);1H. The Bertz CT molecular complexity index is 718. The average molecular weight is 384 g/mol. The first kappa shape index (κ1) is 19.2. The molecule has 0 radical (unpaired) electrons. The number of aromatic nitrogens is 1. The Morgan fingerprint density at radius 2 is 2.21 bits per heavy atom. The number of benzene rings is 1. The molecule has 24 heavy (non-hydrogen) atoms. The van der Waals surface area contributed by atoms with Crippen LogP contribution in [0.5, 0.6) is 0 Å². The third-order valence-corrected chi connectivity index (χ3v) is 5.61. The number of thiazole rings is 1. The van der Waals surface area contributed by atoms with E-state index in [1.54, 1.807) is 23.1 Å². The van der Waals surface area contributed by atoms with Gasteiger partial charge in [0.05, 0.1) is 5.69 Å². The summed E-state index contributed by atoms with van der Waals surface area (Å²) in [5, 5.41) is 4.15. The molecule has 0 saturated carbocycles. The van der Waals surface area contributed by atoms with E-state index in [-0.39, 0.29) is 18.3 Å². The second kappa shape index (κ2) is 8.34. The number of anilines is 1. The quantitative estimate of drug-likeness (QED) is 0.799. The van der Waals surface area contributed by atoms with Crippen LogP contribution in [-0.4, -0.2) is 34.6 Å². The average Bonchev–Trinajstić information content (AvgIpc) is 2.88. The third-order valence-electron chi connectivity index (χ3n) is 3.61. The van der Waals surface area contributed by atoms with Gasteiger partial charge in [0.15, 0.2) is 5.13 Å². The van der Waals surface area contributed by atoms with Crippen molar-refractivity contribution in [3.63, 3.8) is 0 Å². The number of halogens is 1. The fourth-order valence-corrected chi connectivity index (χ4v) is 4.51. The van der Waals surface area contributed by atoms with Gasteiger partial charge in [0.1, 0.15) is 0 Å². The van der Waals surface area contributed by atoms with Crippen molar-refractivity contribution in [3.8, 4) is 0 Å². The van der Waals surface area contributed by atoms with Crippen molar-refractivity contribution >= 4 is 46.5 Å². The summed E-state index contributed by atoms with van der Waals surface area (Å²) >= 11 is 3.35. The molecular formula is C17H22ClN3OS2. The molecule has 0 unspecified atom stereocenters. The molecule has 7 heteroatoms. The van der Waals surface area contributed by atoms with Gasteiger partial charge in [-0.3, -0.25) is 10.1 Å². The molecule has 4 nitrogen and oxygen atoms in total. The summed E-state index contributed by atoms with van der Waals surface area (Å²) < 4.78 is 0. The molecule has 1 aliphatic heterocycles. The molecule has 2 heterocycles. The van der Waals surface area contributed by atoms with Gasteiger partial charge >= 0.3 is 0 Å². The maximum absolute atomic E-state index is 12.5. The summed E-state index contributed by atoms with van der Waals surface area (Å²) in [6.07, 6.45) is 0.957. The van der Waals surface area contributed by atoms with Crippen LogP contribution in [0.25, 0.3) is 0 Å². The van der Waals surface area contributed by atoms with Gasteiger partial charge in [-0.1, -0.05) is 19.9 Å². The Morgan fingerprint density at radius 1 is 1.42 bits per heavy atom. The second-order valence-electron chi connectivity index (χ2n) is 6.03. The third kappa shape index (κ3) is 4.72. The highest BCUT2D eigenvalue weighted by Crippen LogP contribution is 2.28. The Labute approximate surface area is 157 Å². The molecule has 0 fully saturated rings. The van der Waals surface area contributed by atoms with Crippen LogP contribution in [-0.2, 0) is 13.0 Å². The smallest absolute Gasteiger partial charge is 0.257 e. The van der Waals surface area contributed by atoms with Gasteiger partial charge < -0.3 is 4.90 Å². The van der Waals surface area contributed by atoms with Crippen molar-refractivity contribution < 1.29 is 4.79 Å². The number of rotatable bonds is 4. The molecule has 0 bridgehead atoms. The van der Waals surface area contributed by atoms with Crippen molar-refractivity contribution in [1.29, 1.82) is 0 Å². The first-order valence-electron chi connectivity index (χ1n) is 7.76. The molecule has 1 aromatic carbocycles. The van der Waals surface area contributed by atoms with E-state index in [9.17, 15) is 4.79 Å². The van der Waals surface area contributed by atoms with Gasteiger partial charge in [-0.25, -0.2) is 4.98 Å². The van der Waals surface area contributed by atoms with E-state index in [4.69, 9.17) is 0 Å². The topological polar surface area (TPSA) is 45.2 Å². The Balaban J connectivity index is 0.00000208. The second-order valence-corrected chi connectivity index (χ2v) is 8.76. The molecule has 1 aliphatic rings. The lowest BCUT2D eigenvalue weighted by atomic mass is 10.2. The van der Waals surface area contributed by atoms with Crippen molar-refractivity contribution in [1.82, 2.24) is 9.88 Å². The minimum absolute atomic E-state index is 0. The molecule has 1 amide bonds. The van der Waals surface area contributed by atoms with Crippen LogP contribution < -0.4 is 5.32 Å². The van der Waals surface area contributed by atoms with Crippen molar-refractivity contribution in [2.24, 2.45) is 0 Å². The molecule has 0 aliphatic carbocycles. The van der Waals surface area contributed by atoms with Crippen molar-refractivity contribution in [2.45, 2.75) is 37.0 Å². The van der Waals surface area contributed by atoms with Crippen LogP contribution in [0.15, 0.2) is 29.2 Å². The first-order chi connectivity index (χ1) is 11.0. The van der Waals surface area contributed by atoms with Gasteiger partial charge in [-0.05, 0) is 25.2 Å². The number of nitrogens with one attached hydrogen (secondary N) is 1. The van der Waals surface area contributed by atoms with E-state index < -0.39 is 0 Å². The van der Waals surface area contributed by atoms with Crippen LogP contribution in [0.4, 0.5) is 5.13 Å². The normalized spacial score (nSPS) is 14.2. The molecule has 3 rings (SSSR count). The summed E-state index contributed by atoms with van der Waals surface area (Å²) in [6.45, 7) is 6.24. The maximum atomic E-state index is 12.5. The van der Waals surface area contributed by atoms with E-state index in [2.05, 4.69) is 36.1 Å². The number of carbonyl (C=O) groups excluding carboxylic acids is 1. The zero-order valence-corrected chi connectivity index (χ0v) is 16.5. The lowest BCUT2D eigenvalue weighted by Crippen LogP contribution is -2.25. The number of thioether (sulfide) groups is 1. The summed E-state index contributed by atoms with van der Waals surface area (Å²) in [6, 6.07) is 7.77. The zero-order valence-electron chi connectivity index (χ0n) is 14.0. The van der Waals surface area contributed by atoms with Gasteiger partial charge in [0.25, 0.3) is 5.91 Å². The van der Waals surface area contributed by atoms with Crippen LogP contribution in [0.2, 0.25) is 0 Å². The monoisotopic (exact) mass is 383 g/mol. The van der Waals surface area contributed by atoms with Gasteiger partial charge in [-0.2, -0.15) is 0 Å². The molecule has 0 atom stereocenters. The number of amides is 1. The largest absolute Gasteiger partial charge is 0.301 e. The number of fused-ring (bicyclic) bond motifs is 1. The Kier molecular flexibility index (Phi) is 6.69. The lowest BCUT2D eigenvalue weighted by molar-refractivity contribution is 0.102. The van der Waals surface area contributed by atoms with E-state index in [1.807, 2.05) is 24.3 Å². The molecule has 1 aromatic heterocycles. The van der Waals surface area contributed by atoms with Gasteiger partial charge in [0.2, 0.25) is 0 Å². The lowest BCUT2D eigenvalue weighted by Gasteiger charge is -2.20. The molecular weight excluding hydrogens is 362 g/mol. The summed E-state index contributed by atoms with van der Waals surface area (Å²) in [4.78, 5) is 21.7. The summed E-state index contributed by atoms with van der Waals surface area (Å²) in [7, 11) is 2.11. The minimum atomic E-state index is -0.0874. The highest BCUT2D eigenvalue weighted by molar-refractivity contribution is 7.99. The van der Waals surface area contributed by atoms with Crippen LogP contribution in [0.3, 0.4) is 0 Å². The summed E-state index contributed by atoms with van der Waals surface area (Å²) in [5.41, 5.74) is 1.81. The summed E-state index contributed by atoms with van der Waals surface area (Å²) in [5.74, 6) is -0.0874. The first-order valence-corrected chi connectivity index (χ1v) is 9.46. The predicted octanol–water partition coefficient (Wildman–Crippen LogP) is 4.31. The number of hydrogen-bond donors (Lipinski definition) is 1. The van der Waals surface area contributed by atoms with Gasteiger partial charge in [0, 0.05) is 40.1 Å². The number of carbonyl (C=O) groups is 1. The van der Waals surface area contributed by atoms with E-state index in [0.29, 0.717) is 15.9 Å².